The van der Waals surface area contributed by atoms with Crippen molar-refractivity contribution in [3.63, 3.8) is 0 Å². The molecule has 33 heavy (non-hydrogen) atoms. The highest BCUT2D eigenvalue weighted by molar-refractivity contribution is 5.85. The minimum Gasteiger partial charge on any atom is -0.341 e. The lowest BCUT2D eigenvalue weighted by molar-refractivity contribution is -0.132. The summed E-state index contributed by atoms with van der Waals surface area (Å²) in [7, 11) is 0. The van der Waals surface area contributed by atoms with E-state index in [0.29, 0.717) is 11.8 Å². The number of carbonyl (C=O) groups is 1. The number of hydrogen-bond donors (Lipinski definition) is 2. The number of pyridine rings is 1. The molecule has 5 rings (SSSR count). The van der Waals surface area contributed by atoms with Crippen LogP contribution >= 0.6 is 0 Å². The zero-order valence-corrected chi connectivity index (χ0v) is 19.2. The molecular formula is C24H30N8O. The van der Waals surface area contributed by atoms with Crippen molar-refractivity contribution in [3.05, 3.63) is 41.9 Å². The van der Waals surface area contributed by atoms with E-state index in [0.717, 1.165) is 80.1 Å². The third kappa shape index (κ3) is 4.15. The maximum absolute atomic E-state index is 13.1. The summed E-state index contributed by atoms with van der Waals surface area (Å²) in [4.78, 5) is 31.0. The fourth-order valence-electron chi connectivity index (χ4n) is 4.85. The van der Waals surface area contributed by atoms with Gasteiger partial charge in [0.1, 0.15) is 11.9 Å². The van der Waals surface area contributed by atoms with Crippen molar-refractivity contribution in [2.24, 2.45) is 0 Å². The Morgan fingerprint density at radius 2 is 2.00 bits per heavy atom. The molecule has 0 aromatic carbocycles. The van der Waals surface area contributed by atoms with Crippen LogP contribution in [-0.2, 0) is 17.6 Å². The zero-order chi connectivity index (χ0) is 22.8. The molecule has 0 radical (unpaired) electrons. The Balaban J connectivity index is 1.43. The number of nitrogens with one attached hydrogen (secondary N) is 2. The number of aryl methyl sites for hydroxylation is 1. The van der Waals surface area contributed by atoms with E-state index in [4.69, 9.17) is 9.97 Å². The second kappa shape index (κ2) is 9.17. The Morgan fingerprint density at radius 3 is 2.79 bits per heavy atom. The second-order valence-electron chi connectivity index (χ2n) is 8.54. The highest BCUT2D eigenvalue weighted by Crippen LogP contribution is 2.33. The summed E-state index contributed by atoms with van der Waals surface area (Å²) in [6, 6.07) is 5.66. The van der Waals surface area contributed by atoms with Crippen LogP contribution in [0.4, 0.5) is 17.6 Å². The number of fused-ring (bicyclic) bond motifs is 1. The van der Waals surface area contributed by atoms with E-state index in [-0.39, 0.29) is 11.9 Å². The fraction of sp³-hybridized carbons (Fsp3) is 0.458. The van der Waals surface area contributed by atoms with Gasteiger partial charge >= 0.3 is 0 Å². The van der Waals surface area contributed by atoms with E-state index in [1.165, 1.54) is 0 Å². The number of H-pyrrole nitrogens is 1. The number of anilines is 3. The van der Waals surface area contributed by atoms with E-state index in [1.54, 1.807) is 12.4 Å². The standard InChI is InChI=1S/C24H30N8O/c1-3-31(4-2)23(33)20-9-6-14-32(20)24-26-18-8-5-7-17(18)22(28-24)27-21-15-19(29-30-21)16-10-12-25-13-11-16/h10-13,15,20H,3-9,14H2,1-2H3,(H2,26,27,28,29,30)/t20-/m1/s1. The predicted octanol–water partition coefficient (Wildman–Crippen LogP) is 3.33. The first kappa shape index (κ1) is 21.4. The Morgan fingerprint density at radius 1 is 1.18 bits per heavy atom. The molecule has 9 nitrogen and oxygen atoms in total. The van der Waals surface area contributed by atoms with Gasteiger partial charge in [-0.05, 0) is 58.1 Å². The number of nitrogens with zero attached hydrogens (tertiary/aromatic N) is 6. The Bertz CT molecular complexity index is 1120. The first-order valence-corrected chi connectivity index (χ1v) is 11.9. The van der Waals surface area contributed by atoms with E-state index in [2.05, 4.69) is 25.4 Å². The summed E-state index contributed by atoms with van der Waals surface area (Å²) in [5.41, 5.74) is 4.16. The lowest BCUT2D eigenvalue weighted by Crippen LogP contribution is -2.46. The molecule has 4 heterocycles. The summed E-state index contributed by atoms with van der Waals surface area (Å²) in [6.45, 7) is 6.29. The van der Waals surface area contributed by atoms with Gasteiger partial charge in [-0.1, -0.05) is 0 Å². The molecule has 1 aliphatic heterocycles. The highest BCUT2D eigenvalue weighted by Gasteiger charge is 2.35. The maximum atomic E-state index is 13.1. The molecule has 2 aliphatic rings. The third-order valence-corrected chi connectivity index (χ3v) is 6.61. The van der Waals surface area contributed by atoms with Crippen LogP contribution in [0.3, 0.4) is 0 Å². The van der Waals surface area contributed by atoms with Gasteiger partial charge in [-0.3, -0.25) is 14.9 Å². The molecule has 1 saturated heterocycles. The first-order valence-electron chi connectivity index (χ1n) is 11.9. The summed E-state index contributed by atoms with van der Waals surface area (Å²) in [5.74, 6) is 2.32. The average Bonchev–Trinajstić information content (AvgIpc) is 3.60. The molecule has 0 bridgehead atoms. The SMILES string of the molecule is CCN(CC)C(=O)[C@H]1CCCN1c1nc2c(c(Nc3cc(-c4ccncc4)[nH]n3)n1)CCC2. The van der Waals surface area contributed by atoms with Crippen LogP contribution in [-0.4, -0.2) is 61.6 Å². The number of amides is 1. The largest absolute Gasteiger partial charge is 0.341 e. The van der Waals surface area contributed by atoms with Crippen LogP contribution in [0.2, 0.25) is 0 Å². The van der Waals surface area contributed by atoms with Gasteiger partial charge in [-0.25, -0.2) is 4.98 Å². The van der Waals surface area contributed by atoms with Gasteiger partial charge in [-0.2, -0.15) is 10.1 Å². The molecule has 1 aliphatic carbocycles. The van der Waals surface area contributed by atoms with Gasteiger partial charge in [0.15, 0.2) is 5.82 Å². The van der Waals surface area contributed by atoms with Crippen molar-refractivity contribution < 1.29 is 4.79 Å². The molecule has 1 fully saturated rings. The molecule has 0 spiro atoms. The number of aromatic amines is 1. The fourth-order valence-corrected chi connectivity index (χ4v) is 4.85. The van der Waals surface area contributed by atoms with Crippen LogP contribution in [0.15, 0.2) is 30.6 Å². The van der Waals surface area contributed by atoms with Gasteiger partial charge in [-0.15, -0.1) is 0 Å². The molecule has 3 aromatic heterocycles. The third-order valence-electron chi connectivity index (χ3n) is 6.61. The van der Waals surface area contributed by atoms with Gasteiger partial charge in [0.05, 0.1) is 11.4 Å². The Labute approximate surface area is 193 Å². The quantitative estimate of drug-likeness (QED) is 0.574. The molecule has 9 heteroatoms. The van der Waals surface area contributed by atoms with Crippen molar-refractivity contribution >= 4 is 23.5 Å². The molecule has 1 amide bonds. The number of carbonyl (C=O) groups excluding carboxylic acids is 1. The number of aromatic nitrogens is 5. The van der Waals surface area contributed by atoms with E-state index in [9.17, 15) is 4.79 Å². The minimum atomic E-state index is -0.194. The van der Waals surface area contributed by atoms with Gasteiger partial charge < -0.3 is 15.1 Å². The normalized spacial score (nSPS) is 17.3. The number of rotatable bonds is 7. The first-order chi connectivity index (χ1) is 16.2. The second-order valence-corrected chi connectivity index (χ2v) is 8.54. The van der Waals surface area contributed by atoms with Crippen molar-refractivity contribution in [2.45, 2.75) is 52.0 Å². The molecule has 172 valence electrons. The lowest BCUT2D eigenvalue weighted by atomic mass is 10.2. The molecule has 3 aromatic rings. The number of hydrogen-bond acceptors (Lipinski definition) is 7. The molecular weight excluding hydrogens is 416 g/mol. The highest BCUT2D eigenvalue weighted by atomic mass is 16.2. The van der Waals surface area contributed by atoms with Gasteiger partial charge in [0, 0.05) is 49.2 Å². The monoisotopic (exact) mass is 446 g/mol. The van der Waals surface area contributed by atoms with Crippen LogP contribution in [0.5, 0.6) is 0 Å². The van der Waals surface area contributed by atoms with Gasteiger partial charge in [0.2, 0.25) is 11.9 Å². The predicted molar refractivity (Wildman–Crippen MR) is 127 cm³/mol. The van der Waals surface area contributed by atoms with Crippen LogP contribution < -0.4 is 10.2 Å². The molecule has 0 saturated carbocycles. The van der Waals surface area contributed by atoms with Crippen LogP contribution in [0, 0.1) is 0 Å². The smallest absolute Gasteiger partial charge is 0.245 e. The van der Waals surface area contributed by atoms with Crippen molar-refractivity contribution in [1.82, 2.24) is 30.0 Å². The molecule has 0 unspecified atom stereocenters. The summed E-state index contributed by atoms with van der Waals surface area (Å²) in [6.07, 6.45) is 8.28. The Hall–Kier alpha value is -3.49. The van der Waals surface area contributed by atoms with Crippen molar-refractivity contribution in [3.8, 4) is 11.3 Å². The Kier molecular flexibility index (Phi) is 5.93. The summed E-state index contributed by atoms with van der Waals surface area (Å²) >= 11 is 0. The van der Waals surface area contributed by atoms with Crippen molar-refractivity contribution in [1.29, 1.82) is 0 Å². The molecule has 2 N–H and O–H groups in total. The van der Waals surface area contributed by atoms with Crippen molar-refractivity contribution in [2.75, 3.05) is 29.9 Å². The topological polar surface area (TPSA) is 103 Å². The maximum Gasteiger partial charge on any atom is 0.245 e. The van der Waals surface area contributed by atoms with Crippen LogP contribution in [0.25, 0.3) is 11.3 Å². The molecule has 1 atom stereocenters. The van der Waals surface area contributed by atoms with Crippen LogP contribution in [0.1, 0.15) is 44.4 Å². The van der Waals surface area contributed by atoms with E-state index >= 15 is 0 Å². The minimum absolute atomic E-state index is 0.172. The van der Waals surface area contributed by atoms with E-state index < -0.39 is 0 Å². The number of likely N-dealkylation sites (N-methyl/N-ethyl adjacent to an activating group) is 1. The lowest BCUT2D eigenvalue weighted by Gasteiger charge is -2.29. The average molecular weight is 447 g/mol. The zero-order valence-electron chi connectivity index (χ0n) is 19.2. The summed E-state index contributed by atoms with van der Waals surface area (Å²) < 4.78 is 0. The van der Waals surface area contributed by atoms with Gasteiger partial charge in [0.25, 0.3) is 0 Å². The van der Waals surface area contributed by atoms with E-state index in [1.807, 2.05) is 36.9 Å². The summed E-state index contributed by atoms with van der Waals surface area (Å²) in [5, 5.41) is 10.9.